The van der Waals surface area contributed by atoms with Crippen LogP contribution in [0, 0.1) is 0 Å². The molecule has 4 atom stereocenters. The van der Waals surface area contributed by atoms with Gasteiger partial charge in [-0.2, -0.15) is 0 Å². The van der Waals surface area contributed by atoms with Crippen molar-refractivity contribution in [1.29, 1.82) is 0 Å². The summed E-state index contributed by atoms with van der Waals surface area (Å²) < 4.78 is 0. The third kappa shape index (κ3) is 4.21. The second-order valence-electron chi connectivity index (χ2n) is 4.24. The number of benzene rings is 1. The number of halogens is 1. The van der Waals surface area contributed by atoms with Gasteiger partial charge in [0.2, 0.25) is 0 Å². The number of amides is 1. The zero-order chi connectivity index (χ0) is 16.2. The second kappa shape index (κ2) is 7.46. The van der Waals surface area contributed by atoms with Gasteiger partial charge in [0.15, 0.2) is 12.4 Å². The molecule has 0 radical (unpaired) electrons. The minimum atomic E-state index is -2.13. The van der Waals surface area contributed by atoms with Gasteiger partial charge in [0.1, 0.15) is 18.3 Å². The molecule has 0 unspecified atom stereocenters. The van der Waals surface area contributed by atoms with Gasteiger partial charge in [0.25, 0.3) is 5.91 Å². The highest BCUT2D eigenvalue weighted by Crippen LogP contribution is 2.17. The monoisotopic (exact) mass is 318 g/mol. The van der Waals surface area contributed by atoms with Gasteiger partial charge in [-0.25, -0.2) is 10.9 Å². The van der Waals surface area contributed by atoms with Crippen molar-refractivity contribution < 1.29 is 30.0 Å². The molecule has 0 heterocycles. The smallest absolute Gasteiger partial charge is 0.272 e. The van der Waals surface area contributed by atoms with Crippen LogP contribution in [0.1, 0.15) is 0 Å². The first-order valence-corrected chi connectivity index (χ1v) is 6.19. The van der Waals surface area contributed by atoms with Crippen molar-refractivity contribution in [1.82, 2.24) is 0 Å². The molecule has 1 amide bonds. The lowest BCUT2D eigenvalue weighted by molar-refractivity contribution is -0.147. The van der Waals surface area contributed by atoms with Crippen LogP contribution in [0.3, 0.4) is 0 Å². The van der Waals surface area contributed by atoms with E-state index in [1.807, 2.05) is 0 Å². The van der Waals surface area contributed by atoms with E-state index in [-0.39, 0.29) is 12.0 Å². The van der Waals surface area contributed by atoms with E-state index in [1.165, 1.54) is 24.3 Å². The maximum absolute atomic E-state index is 11.9. The van der Waals surface area contributed by atoms with E-state index in [1.54, 1.807) is 0 Å². The molecule has 0 aromatic heterocycles. The van der Waals surface area contributed by atoms with Gasteiger partial charge in [-0.3, -0.25) is 4.79 Å². The third-order valence-corrected chi connectivity index (χ3v) is 3.01. The number of nitrogens with two attached hydrogens (primary N) is 1. The number of aliphatic hydroxyl groups is 4. The molecule has 6 N–H and O–H groups in total. The molecule has 1 aromatic carbocycles. The lowest BCUT2D eigenvalue weighted by Crippen LogP contribution is -2.54. The van der Waals surface area contributed by atoms with E-state index in [4.69, 9.17) is 22.6 Å². The summed E-state index contributed by atoms with van der Waals surface area (Å²) in [5, 5.41) is 38.6. The Kier molecular flexibility index (Phi) is 6.21. The lowest BCUT2D eigenvalue weighted by atomic mass is 10.0. The number of hydrogen-bond acceptors (Lipinski definition) is 7. The maximum Gasteiger partial charge on any atom is 0.272 e. The highest BCUT2D eigenvalue weighted by molar-refractivity contribution is 6.30. The minimum Gasteiger partial charge on any atom is -0.387 e. The standard InChI is InChI=1S/C12H15ClN2O6/c13-6-1-3-7(4-2-6)15(14)12(21)11(20)10(19)9(18)8(17)5-16/h1-5,8-11,17-20H,14H2/t8-,9+,10-,11-/m0/s1. The van der Waals surface area contributed by atoms with Gasteiger partial charge in [0.05, 0.1) is 5.69 Å². The number of hydrazine groups is 1. The van der Waals surface area contributed by atoms with Crippen molar-refractivity contribution >= 4 is 29.5 Å². The number of anilines is 1. The fourth-order valence-corrected chi connectivity index (χ4v) is 1.61. The van der Waals surface area contributed by atoms with Crippen LogP contribution in [0.2, 0.25) is 5.02 Å². The van der Waals surface area contributed by atoms with Gasteiger partial charge in [-0.1, -0.05) is 11.6 Å². The van der Waals surface area contributed by atoms with Gasteiger partial charge in [-0.15, -0.1) is 0 Å². The van der Waals surface area contributed by atoms with Crippen molar-refractivity contribution in [3.05, 3.63) is 29.3 Å². The second-order valence-corrected chi connectivity index (χ2v) is 4.67. The van der Waals surface area contributed by atoms with E-state index in [2.05, 4.69) is 0 Å². The molecule has 0 aliphatic rings. The third-order valence-electron chi connectivity index (χ3n) is 2.76. The number of carbonyl (C=O) groups is 2. The SMILES string of the molecule is NN(C(=O)[C@@H](O)[C@@H](O)[C@H](O)[C@@H](O)C=O)c1ccc(Cl)cc1. The molecule has 0 aliphatic carbocycles. The molecule has 0 saturated carbocycles. The first-order chi connectivity index (χ1) is 9.79. The van der Waals surface area contributed by atoms with E-state index >= 15 is 0 Å². The Labute approximate surface area is 124 Å². The van der Waals surface area contributed by atoms with Crippen molar-refractivity contribution in [3.63, 3.8) is 0 Å². The molecule has 9 heteroatoms. The van der Waals surface area contributed by atoms with Crippen molar-refractivity contribution in [3.8, 4) is 0 Å². The molecule has 1 aromatic rings. The zero-order valence-corrected chi connectivity index (χ0v) is 11.5. The summed E-state index contributed by atoms with van der Waals surface area (Å²) in [5.74, 6) is 4.35. The zero-order valence-electron chi connectivity index (χ0n) is 10.7. The molecular formula is C12H15ClN2O6. The van der Waals surface area contributed by atoms with E-state index in [0.29, 0.717) is 10.0 Å². The number of rotatable bonds is 6. The fraction of sp³-hybridized carbons (Fsp3) is 0.333. The highest BCUT2D eigenvalue weighted by atomic mass is 35.5. The molecule has 0 bridgehead atoms. The Bertz CT molecular complexity index is 497. The summed E-state index contributed by atoms with van der Waals surface area (Å²) in [6.45, 7) is 0. The van der Waals surface area contributed by atoms with Gasteiger partial charge in [0, 0.05) is 5.02 Å². The fourth-order valence-electron chi connectivity index (χ4n) is 1.49. The number of aliphatic hydroxyl groups excluding tert-OH is 4. The summed E-state index contributed by atoms with van der Waals surface area (Å²) in [6, 6.07) is 5.71. The first kappa shape index (κ1) is 17.5. The molecule has 21 heavy (non-hydrogen) atoms. The molecule has 0 spiro atoms. The molecule has 0 aliphatic heterocycles. The van der Waals surface area contributed by atoms with Gasteiger partial charge < -0.3 is 25.2 Å². The van der Waals surface area contributed by atoms with Crippen LogP contribution in [0.25, 0.3) is 0 Å². The van der Waals surface area contributed by atoms with E-state index in [0.717, 1.165) is 0 Å². The Morgan fingerprint density at radius 3 is 2.14 bits per heavy atom. The summed E-state index contributed by atoms with van der Waals surface area (Å²) in [4.78, 5) is 22.2. The predicted molar refractivity (Wildman–Crippen MR) is 73.2 cm³/mol. The number of aldehydes is 1. The Morgan fingerprint density at radius 1 is 1.14 bits per heavy atom. The number of nitrogens with zero attached hydrogens (tertiary/aromatic N) is 1. The summed E-state index contributed by atoms with van der Waals surface area (Å²) in [5.41, 5.74) is 0.182. The van der Waals surface area contributed by atoms with E-state index in [9.17, 15) is 24.9 Å². The van der Waals surface area contributed by atoms with Crippen molar-refractivity contribution in [2.75, 3.05) is 5.01 Å². The molecule has 0 fully saturated rings. The van der Waals surface area contributed by atoms with Gasteiger partial charge >= 0.3 is 0 Å². The quantitative estimate of drug-likeness (QED) is 0.180. The van der Waals surface area contributed by atoms with Crippen LogP contribution >= 0.6 is 11.6 Å². The largest absolute Gasteiger partial charge is 0.387 e. The Morgan fingerprint density at radius 2 is 1.67 bits per heavy atom. The highest BCUT2D eigenvalue weighted by Gasteiger charge is 2.36. The average molecular weight is 319 g/mol. The summed E-state index contributed by atoms with van der Waals surface area (Å²) in [6.07, 6.45) is -8.22. The topological polar surface area (TPSA) is 144 Å². The number of carbonyl (C=O) groups excluding carboxylic acids is 2. The minimum absolute atomic E-state index is 0.0372. The molecular weight excluding hydrogens is 304 g/mol. The molecule has 1 rings (SSSR count). The number of hydrogen-bond donors (Lipinski definition) is 5. The van der Waals surface area contributed by atoms with Crippen molar-refractivity contribution in [2.24, 2.45) is 5.84 Å². The molecule has 0 saturated heterocycles. The maximum atomic E-state index is 11.9. The average Bonchev–Trinajstić information content (AvgIpc) is 2.51. The molecule has 8 nitrogen and oxygen atoms in total. The van der Waals surface area contributed by atoms with Crippen LogP contribution in [0.15, 0.2) is 24.3 Å². The Hall–Kier alpha value is -1.55. The van der Waals surface area contributed by atoms with E-state index < -0.39 is 30.3 Å². The van der Waals surface area contributed by atoms with Gasteiger partial charge in [-0.05, 0) is 24.3 Å². The van der Waals surface area contributed by atoms with Crippen LogP contribution in [-0.4, -0.2) is 57.0 Å². The van der Waals surface area contributed by atoms with Crippen LogP contribution in [0.4, 0.5) is 5.69 Å². The Balaban J connectivity index is 2.81. The lowest BCUT2D eigenvalue weighted by Gasteiger charge is -2.26. The van der Waals surface area contributed by atoms with Crippen LogP contribution < -0.4 is 10.9 Å². The van der Waals surface area contributed by atoms with Crippen LogP contribution in [-0.2, 0) is 9.59 Å². The van der Waals surface area contributed by atoms with Crippen LogP contribution in [0.5, 0.6) is 0 Å². The predicted octanol–water partition coefficient (Wildman–Crippen LogP) is -1.81. The summed E-state index contributed by atoms with van der Waals surface area (Å²) in [7, 11) is 0. The summed E-state index contributed by atoms with van der Waals surface area (Å²) >= 11 is 5.67. The van der Waals surface area contributed by atoms with Crippen molar-refractivity contribution in [2.45, 2.75) is 24.4 Å². The molecule has 116 valence electrons. The first-order valence-electron chi connectivity index (χ1n) is 5.81. The normalized spacial score (nSPS) is 16.7.